The fourth-order valence-electron chi connectivity index (χ4n) is 2.15. The predicted molar refractivity (Wildman–Crippen MR) is 82.5 cm³/mol. The Kier molecular flexibility index (Phi) is 3.34. The highest BCUT2D eigenvalue weighted by molar-refractivity contribution is 7.92. The Morgan fingerprint density at radius 1 is 1.05 bits per heavy atom. The molecule has 2 aromatic carbocycles. The summed E-state index contributed by atoms with van der Waals surface area (Å²) in [5.74, 6) is -1.10. The minimum Gasteiger partial charge on any atom is -0.478 e. The van der Waals surface area contributed by atoms with Gasteiger partial charge in [-0.25, -0.2) is 13.2 Å². The summed E-state index contributed by atoms with van der Waals surface area (Å²) in [5.41, 5.74) is 1.31. The number of carboxylic acid groups (broad SMARTS) is 1. The number of nitrogens with one attached hydrogen (secondary N) is 2. The molecule has 0 aliphatic heterocycles. The van der Waals surface area contributed by atoms with Crippen molar-refractivity contribution in [2.75, 3.05) is 4.72 Å². The monoisotopic (exact) mass is 316 g/mol. The molecule has 0 amide bonds. The molecule has 0 spiro atoms. The summed E-state index contributed by atoms with van der Waals surface area (Å²) in [6.45, 7) is 0. The van der Waals surface area contributed by atoms with E-state index in [9.17, 15) is 13.2 Å². The number of carboxylic acids is 1. The molecule has 0 aliphatic rings. The molecule has 112 valence electrons. The second-order valence-electron chi connectivity index (χ2n) is 4.68. The minimum atomic E-state index is -3.78. The molecule has 0 atom stereocenters. The number of H-pyrrole nitrogens is 1. The van der Waals surface area contributed by atoms with E-state index in [2.05, 4.69) is 9.71 Å². The van der Waals surface area contributed by atoms with Gasteiger partial charge in [-0.05, 0) is 42.5 Å². The van der Waals surface area contributed by atoms with E-state index in [1.165, 1.54) is 24.3 Å². The van der Waals surface area contributed by atoms with Crippen LogP contribution in [0, 0.1) is 0 Å². The number of benzene rings is 2. The number of aromatic nitrogens is 1. The van der Waals surface area contributed by atoms with E-state index in [0.717, 1.165) is 10.9 Å². The number of rotatable bonds is 4. The largest absolute Gasteiger partial charge is 0.478 e. The Morgan fingerprint density at radius 2 is 1.77 bits per heavy atom. The summed E-state index contributed by atoms with van der Waals surface area (Å²) in [6, 6.07) is 12.1. The van der Waals surface area contributed by atoms with Crippen LogP contribution < -0.4 is 4.72 Å². The van der Waals surface area contributed by atoms with E-state index < -0.39 is 16.0 Å². The van der Waals surface area contributed by atoms with Gasteiger partial charge in [-0.3, -0.25) is 4.72 Å². The molecule has 0 radical (unpaired) electrons. The lowest BCUT2D eigenvalue weighted by molar-refractivity contribution is 0.0696. The van der Waals surface area contributed by atoms with E-state index in [-0.39, 0.29) is 10.5 Å². The molecule has 0 aliphatic carbocycles. The SMILES string of the molecule is O=C(O)c1ccc(S(=O)(=O)Nc2cccc3[nH]ccc23)cc1. The predicted octanol–water partition coefficient (Wildman–Crippen LogP) is 2.67. The Labute approximate surface area is 126 Å². The van der Waals surface area contributed by atoms with E-state index in [1.807, 2.05) is 6.07 Å². The number of anilines is 1. The van der Waals surface area contributed by atoms with Crippen LogP contribution >= 0.6 is 0 Å². The van der Waals surface area contributed by atoms with Gasteiger partial charge in [-0.2, -0.15) is 0 Å². The average Bonchev–Trinajstić information content (AvgIpc) is 2.96. The van der Waals surface area contributed by atoms with Crippen molar-refractivity contribution in [2.45, 2.75) is 4.90 Å². The fourth-order valence-corrected chi connectivity index (χ4v) is 3.23. The summed E-state index contributed by atoms with van der Waals surface area (Å²) >= 11 is 0. The topological polar surface area (TPSA) is 99.3 Å². The Morgan fingerprint density at radius 3 is 2.45 bits per heavy atom. The molecule has 1 aromatic heterocycles. The molecule has 3 N–H and O–H groups in total. The quantitative estimate of drug-likeness (QED) is 0.689. The standard InChI is InChI=1S/C15H12N2O4S/c18-15(19)10-4-6-11(7-5-10)22(20,21)17-14-3-1-2-13-12(14)8-9-16-13/h1-9,16-17H,(H,18,19). The molecule has 0 saturated carbocycles. The summed E-state index contributed by atoms with van der Waals surface area (Å²) in [6.07, 6.45) is 1.73. The minimum absolute atomic E-state index is 0.00467. The summed E-state index contributed by atoms with van der Waals surface area (Å²) in [4.78, 5) is 13.8. The third kappa shape index (κ3) is 2.53. The molecule has 0 bridgehead atoms. The van der Waals surface area contributed by atoms with Gasteiger partial charge < -0.3 is 10.1 Å². The van der Waals surface area contributed by atoms with Crippen LogP contribution in [-0.4, -0.2) is 24.5 Å². The molecule has 6 nitrogen and oxygen atoms in total. The normalized spacial score (nSPS) is 11.5. The van der Waals surface area contributed by atoms with Crippen LogP contribution in [-0.2, 0) is 10.0 Å². The van der Waals surface area contributed by atoms with Crippen molar-refractivity contribution in [2.24, 2.45) is 0 Å². The van der Waals surface area contributed by atoms with Gasteiger partial charge in [0.05, 0.1) is 16.1 Å². The number of aromatic amines is 1. The van der Waals surface area contributed by atoms with Crippen molar-refractivity contribution in [1.82, 2.24) is 4.98 Å². The molecule has 0 saturated heterocycles. The zero-order chi connectivity index (χ0) is 15.7. The van der Waals surface area contributed by atoms with Crippen LogP contribution in [0.4, 0.5) is 5.69 Å². The number of carbonyl (C=O) groups is 1. The Hall–Kier alpha value is -2.80. The number of hydrogen-bond donors (Lipinski definition) is 3. The van der Waals surface area contributed by atoms with Gasteiger partial charge in [0.2, 0.25) is 0 Å². The van der Waals surface area contributed by atoms with Gasteiger partial charge in [-0.1, -0.05) is 6.07 Å². The Balaban J connectivity index is 1.96. The first kappa shape index (κ1) is 14.2. The third-order valence-corrected chi connectivity index (χ3v) is 4.63. The van der Waals surface area contributed by atoms with Crippen LogP contribution in [0.3, 0.4) is 0 Å². The van der Waals surface area contributed by atoms with Crippen LogP contribution in [0.1, 0.15) is 10.4 Å². The van der Waals surface area contributed by atoms with E-state index in [4.69, 9.17) is 5.11 Å². The van der Waals surface area contributed by atoms with Crippen molar-refractivity contribution in [3.8, 4) is 0 Å². The van der Waals surface area contributed by atoms with Gasteiger partial charge >= 0.3 is 5.97 Å². The highest BCUT2D eigenvalue weighted by atomic mass is 32.2. The van der Waals surface area contributed by atoms with E-state index in [1.54, 1.807) is 24.4 Å². The summed E-state index contributed by atoms with van der Waals surface area (Å²) in [7, 11) is -3.78. The van der Waals surface area contributed by atoms with Crippen molar-refractivity contribution in [1.29, 1.82) is 0 Å². The zero-order valence-corrected chi connectivity index (χ0v) is 12.1. The average molecular weight is 316 g/mol. The zero-order valence-electron chi connectivity index (χ0n) is 11.3. The number of sulfonamides is 1. The van der Waals surface area contributed by atoms with Gasteiger partial charge in [0.25, 0.3) is 10.0 Å². The lowest BCUT2D eigenvalue weighted by Gasteiger charge is -2.09. The molecule has 3 aromatic rings. The van der Waals surface area contributed by atoms with Crippen LogP contribution in [0.25, 0.3) is 10.9 Å². The van der Waals surface area contributed by atoms with Gasteiger partial charge in [0.15, 0.2) is 0 Å². The maximum atomic E-state index is 12.4. The van der Waals surface area contributed by atoms with Gasteiger partial charge in [0, 0.05) is 17.1 Å². The first-order valence-electron chi connectivity index (χ1n) is 6.40. The van der Waals surface area contributed by atoms with Crippen molar-refractivity contribution in [3.05, 3.63) is 60.3 Å². The molecule has 0 unspecified atom stereocenters. The molecular weight excluding hydrogens is 304 g/mol. The van der Waals surface area contributed by atoms with Gasteiger partial charge in [0.1, 0.15) is 0 Å². The number of hydrogen-bond acceptors (Lipinski definition) is 3. The molecule has 7 heteroatoms. The summed E-state index contributed by atoms with van der Waals surface area (Å²) < 4.78 is 27.3. The highest BCUT2D eigenvalue weighted by Gasteiger charge is 2.16. The van der Waals surface area contributed by atoms with Crippen LogP contribution in [0.5, 0.6) is 0 Å². The van der Waals surface area contributed by atoms with Gasteiger partial charge in [-0.15, -0.1) is 0 Å². The molecule has 22 heavy (non-hydrogen) atoms. The first-order chi connectivity index (χ1) is 10.5. The first-order valence-corrected chi connectivity index (χ1v) is 7.88. The molecule has 1 heterocycles. The molecule has 0 fully saturated rings. The number of fused-ring (bicyclic) bond motifs is 1. The second kappa shape index (κ2) is 5.19. The summed E-state index contributed by atoms with van der Waals surface area (Å²) in [5, 5.41) is 9.60. The lowest BCUT2D eigenvalue weighted by atomic mass is 10.2. The van der Waals surface area contributed by atoms with Crippen molar-refractivity contribution >= 4 is 32.6 Å². The highest BCUT2D eigenvalue weighted by Crippen LogP contribution is 2.25. The smallest absolute Gasteiger partial charge is 0.335 e. The van der Waals surface area contributed by atoms with Crippen LogP contribution in [0.15, 0.2) is 59.6 Å². The van der Waals surface area contributed by atoms with Crippen molar-refractivity contribution < 1.29 is 18.3 Å². The maximum Gasteiger partial charge on any atom is 0.335 e. The van der Waals surface area contributed by atoms with Crippen LogP contribution in [0.2, 0.25) is 0 Å². The van der Waals surface area contributed by atoms with Crippen molar-refractivity contribution in [3.63, 3.8) is 0 Å². The Bertz CT molecular complexity index is 943. The maximum absolute atomic E-state index is 12.4. The number of aromatic carboxylic acids is 1. The lowest BCUT2D eigenvalue weighted by Crippen LogP contribution is -2.13. The second-order valence-corrected chi connectivity index (χ2v) is 6.36. The molecule has 3 rings (SSSR count). The van der Waals surface area contributed by atoms with E-state index in [0.29, 0.717) is 5.69 Å². The fraction of sp³-hybridized carbons (Fsp3) is 0. The van der Waals surface area contributed by atoms with E-state index >= 15 is 0 Å². The third-order valence-electron chi connectivity index (χ3n) is 3.25. The molecular formula is C15H12N2O4S.